The first-order valence-corrected chi connectivity index (χ1v) is 29.4. The molecule has 6 N–H and O–H groups in total. The third-order valence-corrected chi connectivity index (χ3v) is 13.7. The molecule has 0 bridgehead atoms. The summed E-state index contributed by atoms with van der Waals surface area (Å²) in [4.78, 5) is 25.1. The minimum absolute atomic E-state index is 0.0270. The van der Waals surface area contributed by atoms with Gasteiger partial charge in [-0.05, 0) is 89.9 Å². The van der Waals surface area contributed by atoms with E-state index in [1.54, 1.807) is 6.08 Å². The lowest BCUT2D eigenvalue weighted by molar-refractivity contribution is -0.302. The zero-order valence-corrected chi connectivity index (χ0v) is 45.4. The van der Waals surface area contributed by atoms with Gasteiger partial charge in [0, 0.05) is 12.8 Å². The minimum Gasteiger partial charge on any atom is -0.466 e. The van der Waals surface area contributed by atoms with E-state index >= 15 is 0 Å². The van der Waals surface area contributed by atoms with Crippen molar-refractivity contribution in [1.29, 1.82) is 0 Å². The van der Waals surface area contributed by atoms with Crippen molar-refractivity contribution in [3.8, 4) is 0 Å². The molecule has 0 aliphatic carbocycles. The van der Waals surface area contributed by atoms with Crippen molar-refractivity contribution < 1.29 is 49.3 Å². The van der Waals surface area contributed by atoms with Crippen molar-refractivity contribution >= 4 is 11.9 Å². The fourth-order valence-corrected chi connectivity index (χ4v) is 8.93. The van der Waals surface area contributed by atoms with Crippen LogP contribution in [0.5, 0.6) is 0 Å². The first-order valence-electron chi connectivity index (χ1n) is 29.4. The van der Waals surface area contributed by atoms with Gasteiger partial charge in [0.1, 0.15) is 24.4 Å². The number of nitrogens with one attached hydrogen (secondary N) is 1. The van der Waals surface area contributed by atoms with Crippen LogP contribution in [-0.4, -0.2) is 100 Å². The Balaban J connectivity index is 2.05. The van der Waals surface area contributed by atoms with E-state index in [1.165, 1.54) is 128 Å². The molecule has 0 radical (unpaired) electrons. The molecule has 1 rings (SSSR count). The highest BCUT2D eigenvalue weighted by Gasteiger charge is 2.44. The van der Waals surface area contributed by atoms with Crippen LogP contribution in [-0.2, 0) is 23.8 Å². The van der Waals surface area contributed by atoms with Crippen molar-refractivity contribution in [3.05, 3.63) is 48.6 Å². The van der Waals surface area contributed by atoms with E-state index < -0.39 is 49.5 Å². The van der Waals surface area contributed by atoms with E-state index in [9.17, 15) is 35.1 Å². The monoisotopic (exact) mass is 1000 g/mol. The number of rotatable bonds is 50. The standard InChI is InChI=1S/C60H109NO10/c1-3-5-7-9-11-13-14-15-16-22-25-28-32-36-40-44-48-56(65)69-49-45-41-37-33-29-26-23-20-18-17-19-21-24-27-31-35-39-43-47-55(64)61-52(53(63)46-42-38-34-30-12-10-8-6-4-2)51-70-60-59(68)58(67)57(66)54(50-62)71-60/h13-14,16,19,21-22,42,46,52-54,57-60,62-63,66-68H,3-12,15,17-18,20,23-41,43-45,47-51H2,1-2H3,(H,61,64)/b14-13-,21-19-,22-16-,46-42+. The summed E-state index contributed by atoms with van der Waals surface area (Å²) >= 11 is 0. The summed E-state index contributed by atoms with van der Waals surface area (Å²) in [7, 11) is 0. The number of amides is 1. The Labute approximate surface area is 434 Å². The van der Waals surface area contributed by atoms with Crippen LogP contribution >= 0.6 is 0 Å². The molecule has 1 amide bonds. The van der Waals surface area contributed by atoms with Gasteiger partial charge in [0.25, 0.3) is 0 Å². The van der Waals surface area contributed by atoms with Crippen LogP contribution in [0.1, 0.15) is 258 Å². The molecule has 1 aliphatic rings. The van der Waals surface area contributed by atoms with Gasteiger partial charge in [-0.3, -0.25) is 9.59 Å². The molecule has 0 aromatic heterocycles. The Bertz CT molecular complexity index is 1320. The van der Waals surface area contributed by atoms with Gasteiger partial charge >= 0.3 is 5.97 Å². The Morgan fingerprint density at radius 3 is 1.45 bits per heavy atom. The molecule has 11 heteroatoms. The van der Waals surface area contributed by atoms with Gasteiger partial charge in [-0.15, -0.1) is 0 Å². The summed E-state index contributed by atoms with van der Waals surface area (Å²) < 4.78 is 16.7. The van der Waals surface area contributed by atoms with Crippen LogP contribution < -0.4 is 5.32 Å². The molecule has 1 saturated heterocycles. The third-order valence-electron chi connectivity index (χ3n) is 13.7. The van der Waals surface area contributed by atoms with Crippen LogP contribution in [0.3, 0.4) is 0 Å². The van der Waals surface area contributed by atoms with E-state index in [0.29, 0.717) is 19.4 Å². The van der Waals surface area contributed by atoms with Gasteiger partial charge in [-0.2, -0.15) is 0 Å². The number of esters is 1. The quantitative estimate of drug-likeness (QED) is 0.0195. The fraction of sp³-hybridized carbons (Fsp3) is 0.833. The molecule has 0 aromatic carbocycles. The first kappa shape index (κ1) is 66.6. The van der Waals surface area contributed by atoms with Gasteiger partial charge in [0.2, 0.25) is 5.91 Å². The van der Waals surface area contributed by atoms with E-state index in [1.807, 2.05) is 6.08 Å². The second-order valence-corrected chi connectivity index (χ2v) is 20.3. The molecule has 7 atom stereocenters. The SMILES string of the molecule is CCCCCC/C=C\C/C=C\CCCCCCCC(=O)OCCCCCCCCCCC/C=C\CCCCCCCC(=O)NC(COC1OC(CO)C(O)C(O)C1O)C(O)/C=C/CCCCCCCCC. The average molecular weight is 1000 g/mol. The van der Waals surface area contributed by atoms with Crippen molar-refractivity contribution in [3.63, 3.8) is 0 Å². The van der Waals surface area contributed by atoms with Crippen LogP contribution in [0.15, 0.2) is 48.6 Å². The van der Waals surface area contributed by atoms with Crippen molar-refractivity contribution in [1.82, 2.24) is 5.32 Å². The maximum Gasteiger partial charge on any atom is 0.305 e. The highest BCUT2D eigenvalue weighted by molar-refractivity contribution is 5.76. The average Bonchev–Trinajstić information content (AvgIpc) is 3.37. The zero-order chi connectivity index (χ0) is 51.7. The molecule has 1 fully saturated rings. The van der Waals surface area contributed by atoms with Crippen LogP contribution in [0.4, 0.5) is 0 Å². The number of allylic oxidation sites excluding steroid dienone is 7. The molecular weight excluding hydrogens is 895 g/mol. The lowest BCUT2D eigenvalue weighted by Crippen LogP contribution is -2.60. The lowest BCUT2D eigenvalue weighted by atomic mass is 9.99. The van der Waals surface area contributed by atoms with Gasteiger partial charge in [-0.25, -0.2) is 0 Å². The van der Waals surface area contributed by atoms with Crippen LogP contribution in [0, 0.1) is 0 Å². The number of hydrogen-bond acceptors (Lipinski definition) is 10. The normalized spacial score (nSPS) is 19.5. The van der Waals surface area contributed by atoms with Gasteiger partial charge in [0.15, 0.2) is 6.29 Å². The van der Waals surface area contributed by atoms with Crippen LogP contribution in [0.2, 0.25) is 0 Å². The van der Waals surface area contributed by atoms with Gasteiger partial charge in [-0.1, -0.05) is 204 Å². The molecule has 0 saturated carbocycles. The molecular formula is C60H109NO10. The van der Waals surface area contributed by atoms with Crippen molar-refractivity contribution in [2.75, 3.05) is 19.8 Å². The molecule has 0 spiro atoms. The lowest BCUT2D eigenvalue weighted by Gasteiger charge is -2.40. The third kappa shape index (κ3) is 39.7. The van der Waals surface area contributed by atoms with Crippen molar-refractivity contribution in [2.24, 2.45) is 0 Å². The van der Waals surface area contributed by atoms with E-state index in [-0.39, 0.29) is 18.5 Å². The topological polar surface area (TPSA) is 175 Å². The number of aliphatic hydroxyl groups excluding tert-OH is 5. The maximum atomic E-state index is 13.0. The summed E-state index contributed by atoms with van der Waals surface area (Å²) in [5.74, 6) is -0.227. The number of unbranched alkanes of at least 4 members (excludes halogenated alkanes) is 30. The molecule has 0 aromatic rings. The van der Waals surface area contributed by atoms with E-state index in [0.717, 1.165) is 103 Å². The highest BCUT2D eigenvalue weighted by Crippen LogP contribution is 2.23. The Hall–Kier alpha value is -2.38. The molecule has 11 nitrogen and oxygen atoms in total. The summed E-state index contributed by atoms with van der Waals surface area (Å²) in [6.45, 7) is 4.26. The zero-order valence-electron chi connectivity index (χ0n) is 45.4. The maximum absolute atomic E-state index is 13.0. The second-order valence-electron chi connectivity index (χ2n) is 20.3. The number of ether oxygens (including phenoxy) is 3. The number of carbonyl (C=O) groups excluding carboxylic acids is 2. The Kier molecular flexibility index (Phi) is 46.7. The fourth-order valence-electron chi connectivity index (χ4n) is 8.93. The molecule has 1 aliphatic heterocycles. The van der Waals surface area contributed by atoms with Crippen LogP contribution in [0.25, 0.3) is 0 Å². The predicted molar refractivity (Wildman–Crippen MR) is 292 cm³/mol. The molecule has 71 heavy (non-hydrogen) atoms. The second kappa shape index (κ2) is 49.8. The summed E-state index contributed by atoms with van der Waals surface area (Å²) in [5.41, 5.74) is 0. The molecule has 414 valence electrons. The van der Waals surface area contributed by atoms with Gasteiger partial charge in [0.05, 0.1) is 32.0 Å². The largest absolute Gasteiger partial charge is 0.466 e. The molecule has 7 unspecified atom stereocenters. The summed E-state index contributed by atoms with van der Waals surface area (Å²) in [5, 5.41) is 54.2. The molecule has 1 heterocycles. The van der Waals surface area contributed by atoms with E-state index in [4.69, 9.17) is 14.2 Å². The van der Waals surface area contributed by atoms with E-state index in [2.05, 4.69) is 55.6 Å². The summed E-state index contributed by atoms with van der Waals surface area (Å²) in [6, 6.07) is -0.820. The smallest absolute Gasteiger partial charge is 0.305 e. The Morgan fingerprint density at radius 2 is 0.944 bits per heavy atom. The number of carbonyl (C=O) groups is 2. The van der Waals surface area contributed by atoms with Gasteiger partial charge < -0.3 is 45.1 Å². The number of hydrogen-bond donors (Lipinski definition) is 6. The number of aliphatic hydroxyl groups is 5. The minimum atomic E-state index is -1.58. The first-order chi connectivity index (χ1) is 34.7. The highest BCUT2D eigenvalue weighted by atomic mass is 16.7. The summed E-state index contributed by atoms with van der Waals surface area (Å²) in [6.07, 6.45) is 52.1. The van der Waals surface area contributed by atoms with Crippen molar-refractivity contribution in [2.45, 2.75) is 301 Å². The Morgan fingerprint density at radius 1 is 0.521 bits per heavy atom. The predicted octanol–water partition coefficient (Wildman–Crippen LogP) is 13.3.